The summed E-state index contributed by atoms with van der Waals surface area (Å²) in [5.74, 6) is -1.79. The molecule has 4 aromatic carbocycles. The number of ether oxygens (including phenoxy) is 1. The minimum Gasteiger partial charge on any atom is -0.423 e. The molecule has 0 aliphatic carbocycles. The van der Waals surface area contributed by atoms with Crippen LogP contribution in [-0.2, 0) is 9.59 Å². The largest absolute Gasteiger partial charge is 0.423 e. The minimum absolute atomic E-state index is 0.372. The first kappa shape index (κ1) is 22.4. The molecule has 34 heavy (non-hydrogen) atoms. The molecule has 0 fully saturated rings. The molecule has 0 unspecified atom stereocenters. The summed E-state index contributed by atoms with van der Waals surface area (Å²) < 4.78 is 5.50. The number of esters is 1. The van der Waals surface area contributed by atoms with Gasteiger partial charge in [-0.15, -0.1) is 0 Å². The fourth-order valence-corrected chi connectivity index (χ4v) is 3.31. The van der Waals surface area contributed by atoms with Gasteiger partial charge in [-0.3, -0.25) is 9.59 Å². The molecule has 0 aliphatic heterocycles. The quantitative estimate of drug-likeness (QED) is 0.154. The van der Waals surface area contributed by atoms with Gasteiger partial charge in [0.05, 0.1) is 11.8 Å². The number of anilines is 1. The lowest BCUT2D eigenvalue weighted by Gasteiger charge is -2.07. The zero-order valence-electron chi connectivity index (χ0n) is 18.3. The van der Waals surface area contributed by atoms with Crippen LogP contribution in [0.25, 0.3) is 10.8 Å². The molecule has 4 aromatic rings. The molecule has 0 saturated carbocycles. The van der Waals surface area contributed by atoms with Gasteiger partial charge in [-0.2, -0.15) is 5.10 Å². The van der Waals surface area contributed by atoms with Gasteiger partial charge in [0.25, 0.3) is 0 Å². The monoisotopic (exact) mass is 451 g/mol. The van der Waals surface area contributed by atoms with Crippen molar-refractivity contribution in [3.05, 3.63) is 108 Å². The third kappa shape index (κ3) is 5.52. The van der Waals surface area contributed by atoms with Crippen molar-refractivity contribution in [1.82, 2.24) is 5.43 Å². The molecule has 0 bridgehead atoms. The number of aryl methyl sites for hydroxylation is 1. The Morgan fingerprint density at radius 3 is 2.35 bits per heavy atom. The first-order valence-electron chi connectivity index (χ1n) is 10.5. The zero-order valence-corrected chi connectivity index (χ0v) is 18.3. The summed E-state index contributed by atoms with van der Waals surface area (Å²) in [7, 11) is 0. The molecule has 0 aromatic heterocycles. The van der Waals surface area contributed by atoms with Crippen LogP contribution in [0, 0.1) is 6.92 Å². The van der Waals surface area contributed by atoms with Gasteiger partial charge in [-0.25, -0.2) is 10.2 Å². The number of amides is 2. The molecule has 0 saturated heterocycles. The summed E-state index contributed by atoms with van der Waals surface area (Å²) in [6.07, 6.45) is 1.38. The van der Waals surface area contributed by atoms with Crippen LogP contribution in [0.1, 0.15) is 21.5 Å². The Kier molecular flexibility index (Phi) is 6.74. The predicted octanol–water partition coefficient (Wildman–Crippen LogP) is 4.46. The van der Waals surface area contributed by atoms with Gasteiger partial charge >= 0.3 is 17.8 Å². The Balaban J connectivity index is 1.33. The maximum Gasteiger partial charge on any atom is 0.344 e. The maximum atomic E-state index is 12.6. The third-order valence-corrected chi connectivity index (χ3v) is 4.96. The van der Waals surface area contributed by atoms with Crippen LogP contribution in [0.5, 0.6) is 5.75 Å². The van der Waals surface area contributed by atoms with E-state index in [1.54, 1.807) is 48.5 Å². The van der Waals surface area contributed by atoms with E-state index in [4.69, 9.17) is 4.74 Å². The zero-order chi connectivity index (χ0) is 23.9. The number of fused-ring (bicyclic) bond motifs is 1. The summed E-state index contributed by atoms with van der Waals surface area (Å²) in [5.41, 5.74) is 4.80. The number of hydrogen-bond acceptors (Lipinski definition) is 5. The van der Waals surface area contributed by atoms with Crippen molar-refractivity contribution in [3.63, 3.8) is 0 Å². The SMILES string of the molecule is Cc1cccc(NC(=O)C(=O)NN=Cc2ccc(OC(=O)c3cccc4ccccc34)cc2)c1. The molecule has 168 valence electrons. The summed E-state index contributed by atoms with van der Waals surface area (Å²) in [6, 6.07) is 26.8. The second-order valence-corrected chi connectivity index (χ2v) is 7.51. The van der Waals surface area contributed by atoms with Crippen LogP contribution in [0.2, 0.25) is 0 Å². The fraction of sp³-hybridized carbons (Fsp3) is 0.0370. The van der Waals surface area contributed by atoms with Crippen LogP contribution in [0.4, 0.5) is 5.69 Å². The van der Waals surface area contributed by atoms with Crippen molar-refractivity contribution in [2.24, 2.45) is 5.10 Å². The molecular weight excluding hydrogens is 430 g/mol. The lowest BCUT2D eigenvalue weighted by Crippen LogP contribution is -2.32. The van der Waals surface area contributed by atoms with Gasteiger partial charge < -0.3 is 10.1 Å². The molecule has 2 N–H and O–H groups in total. The second kappa shape index (κ2) is 10.2. The van der Waals surface area contributed by atoms with Crippen LogP contribution >= 0.6 is 0 Å². The Hall–Kier alpha value is -4.78. The van der Waals surface area contributed by atoms with E-state index in [9.17, 15) is 14.4 Å². The lowest BCUT2D eigenvalue weighted by atomic mass is 10.0. The highest BCUT2D eigenvalue weighted by Gasteiger charge is 2.13. The first-order valence-corrected chi connectivity index (χ1v) is 10.5. The van der Waals surface area contributed by atoms with Crippen molar-refractivity contribution in [1.29, 1.82) is 0 Å². The summed E-state index contributed by atoms with van der Waals surface area (Å²) in [5, 5.41) is 8.09. The van der Waals surface area contributed by atoms with E-state index in [1.165, 1.54) is 6.21 Å². The number of hydrazone groups is 1. The summed E-state index contributed by atoms with van der Waals surface area (Å²) >= 11 is 0. The standard InChI is InChI=1S/C27H21N3O4/c1-18-6-4-9-21(16-18)29-25(31)26(32)30-28-17-19-12-14-22(15-13-19)34-27(33)24-11-5-8-20-7-2-3-10-23(20)24/h2-17H,1H3,(H,29,31)(H,30,32). The van der Waals surface area contributed by atoms with Crippen LogP contribution < -0.4 is 15.5 Å². The van der Waals surface area contributed by atoms with E-state index in [-0.39, 0.29) is 0 Å². The number of rotatable bonds is 5. The number of benzene rings is 4. The molecule has 0 radical (unpaired) electrons. The van der Waals surface area contributed by atoms with Gasteiger partial charge in [-0.1, -0.05) is 48.5 Å². The van der Waals surface area contributed by atoms with Crippen LogP contribution in [0.3, 0.4) is 0 Å². The molecule has 0 aliphatic rings. The number of carbonyl (C=O) groups is 3. The Morgan fingerprint density at radius 2 is 1.56 bits per heavy atom. The van der Waals surface area contributed by atoms with Gasteiger partial charge in [0.2, 0.25) is 0 Å². The topological polar surface area (TPSA) is 96.9 Å². The van der Waals surface area contributed by atoms with Crippen molar-refractivity contribution >= 4 is 40.5 Å². The number of nitrogens with one attached hydrogen (secondary N) is 2. The van der Waals surface area contributed by atoms with Crippen molar-refractivity contribution in [3.8, 4) is 5.75 Å². The fourth-order valence-electron chi connectivity index (χ4n) is 3.31. The number of carbonyl (C=O) groups excluding carboxylic acids is 3. The smallest absolute Gasteiger partial charge is 0.344 e. The van der Waals surface area contributed by atoms with Gasteiger partial charge in [-0.05, 0) is 71.3 Å². The molecule has 4 rings (SSSR count). The normalized spacial score (nSPS) is 10.7. The summed E-state index contributed by atoms with van der Waals surface area (Å²) in [6.45, 7) is 1.88. The van der Waals surface area contributed by atoms with Gasteiger partial charge in [0, 0.05) is 5.69 Å². The third-order valence-electron chi connectivity index (χ3n) is 4.96. The van der Waals surface area contributed by atoms with Crippen molar-refractivity contribution < 1.29 is 19.1 Å². The van der Waals surface area contributed by atoms with E-state index in [0.29, 0.717) is 22.6 Å². The molecule has 0 atom stereocenters. The van der Waals surface area contributed by atoms with E-state index < -0.39 is 17.8 Å². The highest BCUT2D eigenvalue weighted by Crippen LogP contribution is 2.21. The average molecular weight is 451 g/mol. The van der Waals surface area contributed by atoms with E-state index in [2.05, 4.69) is 15.8 Å². The summed E-state index contributed by atoms with van der Waals surface area (Å²) in [4.78, 5) is 36.5. The predicted molar refractivity (Wildman–Crippen MR) is 131 cm³/mol. The minimum atomic E-state index is -0.890. The molecule has 7 nitrogen and oxygen atoms in total. The molecule has 7 heteroatoms. The van der Waals surface area contributed by atoms with Crippen molar-refractivity contribution in [2.45, 2.75) is 6.92 Å². The number of hydrogen-bond donors (Lipinski definition) is 2. The van der Waals surface area contributed by atoms with E-state index in [0.717, 1.165) is 16.3 Å². The van der Waals surface area contributed by atoms with Crippen LogP contribution in [-0.4, -0.2) is 24.0 Å². The molecule has 2 amide bonds. The maximum absolute atomic E-state index is 12.6. The first-order chi connectivity index (χ1) is 16.5. The molecular formula is C27H21N3O4. The highest BCUT2D eigenvalue weighted by molar-refractivity contribution is 6.39. The average Bonchev–Trinajstić information content (AvgIpc) is 2.84. The highest BCUT2D eigenvalue weighted by atomic mass is 16.5. The number of nitrogens with zero attached hydrogens (tertiary/aromatic N) is 1. The lowest BCUT2D eigenvalue weighted by molar-refractivity contribution is -0.136. The Bertz CT molecular complexity index is 1390. The van der Waals surface area contributed by atoms with Crippen LogP contribution in [0.15, 0.2) is 96.1 Å². The molecule has 0 heterocycles. The van der Waals surface area contributed by atoms with E-state index >= 15 is 0 Å². The second-order valence-electron chi connectivity index (χ2n) is 7.51. The van der Waals surface area contributed by atoms with Gasteiger partial charge in [0.15, 0.2) is 0 Å². The Morgan fingerprint density at radius 1 is 0.824 bits per heavy atom. The molecule has 0 spiro atoms. The Labute approximate surface area is 196 Å². The van der Waals surface area contributed by atoms with E-state index in [1.807, 2.05) is 49.4 Å². The van der Waals surface area contributed by atoms with Gasteiger partial charge in [0.1, 0.15) is 5.75 Å². The van der Waals surface area contributed by atoms with Crippen molar-refractivity contribution in [2.75, 3.05) is 5.32 Å².